The number of aliphatic hydroxyl groups excluding tert-OH is 1. The maximum Gasteiger partial charge on any atom is 0.319 e. The molecule has 98 valence electrons. The van der Waals surface area contributed by atoms with Crippen LogP contribution in [0.4, 0.5) is 16.2 Å². The number of nitrogens with one attached hydrogen (secondary N) is 2. The van der Waals surface area contributed by atoms with Crippen molar-refractivity contribution in [2.75, 3.05) is 18.5 Å². The first-order valence-electron chi connectivity index (χ1n) is 5.14. The van der Waals surface area contributed by atoms with E-state index in [-0.39, 0.29) is 23.0 Å². The minimum absolute atomic E-state index is 0.00578. The fourth-order valence-corrected chi connectivity index (χ4v) is 1.37. The van der Waals surface area contributed by atoms with Crippen molar-refractivity contribution in [2.24, 2.45) is 0 Å². The van der Waals surface area contributed by atoms with Gasteiger partial charge in [0.25, 0.3) is 5.69 Å². The second-order valence-electron chi connectivity index (χ2n) is 3.38. The number of nitro benzene ring substituents is 1. The van der Waals surface area contributed by atoms with Crippen molar-refractivity contribution < 1.29 is 14.8 Å². The molecule has 0 atom stereocenters. The quantitative estimate of drug-likeness (QED) is 0.432. The molecule has 0 aliphatic heterocycles. The first-order valence-corrected chi connectivity index (χ1v) is 5.52. The number of urea groups is 1. The average Bonchev–Trinajstić information content (AvgIpc) is 2.31. The first kappa shape index (κ1) is 14.2. The Morgan fingerprint density at radius 2 is 2.22 bits per heavy atom. The molecule has 0 unspecified atom stereocenters. The number of carbonyl (C=O) groups is 1. The number of carbonyl (C=O) groups excluding carboxylic acids is 1. The fraction of sp³-hybridized carbons (Fsp3) is 0.300. The monoisotopic (exact) mass is 273 g/mol. The Kier molecular flexibility index (Phi) is 5.34. The van der Waals surface area contributed by atoms with Crippen molar-refractivity contribution in [1.29, 1.82) is 0 Å². The Balaban J connectivity index is 2.65. The predicted molar refractivity (Wildman–Crippen MR) is 66.8 cm³/mol. The van der Waals surface area contributed by atoms with E-state index < -0.39 is 11.0 Å². The molecule has 0 aliphatic rings. The molecule has 0 aromatic heterocycles. The molecule has 7 nitrogen and oxygen atoms in total. The number of nitrogens with zero attached hydrogens (tertiary/aromatic N) is 1. The van der Waals surface area contributed by atoms with E-state index in [9.17, 15) is 14.9 Å². The lowest BCUT2D eigenvalue weighted by Gasteiger charge is -2.07. The van der Waals surface area contributed by atoms with Gasteiger partial charge in [-0.2, -0.15) is 0 Å². The summed E-state index contributed by atoms with van der Waals surface area (Å²) in [5, 5.41) is 24.1. The Morgan fingerprint density at radius 3 is 2.83 bits per heavy atom. The zero-order valence-corrected chi connectivity index (χ0v) is 10.1. The number of halogens is 1. The molecule has 0 radical (unpaired) electrons. The van der Waals surface area contributed by atoms with Crippen molar-refractivity contribution >= 4 is 29.0 Å². The molecule has 8 heteroatoms. The highest BCUT2D eigenvalue weighted by Crippen LogP contribution is 2.27. The number of aliphatic hydroxyl groups is 1. The van der Waals surface area contributed by atoms with Crippen LogP contribution in [0.2, 0.25) is 5.02 Å². The summed E-state index contributed by atoms with van der Waals surface area (Å²) in [6.45, 7) is 0.296. The zero-order valence-electron chi connectivity index (χ0n) is 9.35. The molecule has 2 amide bonds. The molecule has 18 heavy (non-hydrogen) atoms. The van der Waals surface area contributed by atoms with Crippen LogP contribution in [0.25, 0.3) is 0 Å². The third-order valence-corrected chi connectivity index (χ3v) is 2.34. The highest BCUT2D eigenvalue weighted by molar-refractivity contribution is 6.32. The summed E-state index contributed by atoms with van der Waals surface area (Å²) in [5.41, 5.74) is -0.00239. The Labute approximate surface area is 108 Å². The van der Waals surface area contributed by atoms with Crippen LogP contribution in [0.3, 0.4) is 0 Å². The second-order valence-corrected chi connectivity index (χ2v) is 3.79. The van der Waals surface area contributed by atoms with Gasteiger partial charge in [0.2, 0.25) is 0 Å². The number of benzene rings is 1. The van der Waals surface area contributed by atoms with Crippen molar-refractivity contribution in [3.63, 3.8) is 0 Å². The van der Waals surface area contributed by atoms with Crippen molar-refractivity contribution in [3.8, 4) is 0 Å². The van der Waals surface area contributed by atoms with Gasteiger partial charge >= 0.3 is 6.03 Å². The van der Waals surface area contributed by atoms with E-state index in [1.54, 1.807) is 0 Å². The molecule has 0 aliphatic carbocycles. The van der Waals surface area contributed by atoms with Crippen molar-refractivity contribution in [1.82, 2.24) is 5.32 Å². The van der Waals surface area contributed by atoms with Gasteiger partial charge < -0.3 is 15.7 Å². The van der Waals surface area contributed by atoms with E-state index in [2.05, 4.69) is 10.6 Å². The lowest BCUT2D eigenvalue weighted by molar-refractivity contribution is -0.384. The predicted octanol–water partition coefficient (Wildman–Crippen LogP) is 1.75. The van der Waals surface area contributed by atoms with Crippen molar-refractivity contribution in [3.05, 3.63) is 33.3 Å². The molecule has 1 aromatic carbocycles. The van der Waals surface area contributed by atoms with E-state index in [1.165, 1.54) is 18.2 Å². The van der Waals surface area contributed by atoms with E-state index in [0.29, 0.717) is 13.0 Å². The molecule has 0 saturated carbocycles. The molecule has 0 bridgehead atoms. The lowest BCUT2D eigenvalue weighted by Crippen LogP contribution is -2.29. The van der Waals surface area contributed by atoms with Gasteiger partial charge in [-0.15, -0.1) is 0 Å². The van der Waals surface area contributed by atoms with Gasteiger partial charge in [0.15, 0.2) is 0 Å². The highest BCUT2D eigenvalue weighted by atomic mass is 35.5. The number of rotatable bonds is 5. The summed E-state index contributed by atoms with van der Waals surface area (Å²) >= 11 is 5.63. The van der Waals surface area contributed by atoms with E-state index in [1.807, 2.05) is 0 Å². The Bertz CT molecular complexity index is 453. The van der Waals surface area contributed by atoms with Crippen LogP contribution in [-0.4, -0.2) is 29.2 Å². The molecule has 1 aromatic rings. The summed E-state index contributed by atoms with van der Waals surface area (Å²) in [5.74, 6) is 0. The standard InChI is InChI=1S/C10H12ClN3O4/c11-8-3-2-7(6-9(8)14(17)18)13-10(16)12-4-1-5-15/h2-3,6,15H,1,4-5H2,(H2,12,13,16). The van der Waals surface area contributed by atoms with Gasteiger partial charge in [-0.25, -0.2) is 4.79 Å². The number of amides is 2. The number of hydrogen-bond acceptors (Lipinski definition) is 4. The number of anilines is 1. The van der Waals surface area contributed by atoms with Gasteiger partial charge in [0.1, 0.15) is 5.02 Å². The van der Waals surface area contributed by atoms with Gasteiger partial charge in [-0.3, -0.25) is 10.1 Å². The highest BCUT2D eigenvalue weighted by Gasteiger charge is 2.13. The second kappa shape index (κ2) is 6.77. The largest absolute Gasteiger partial charge is 0.396 e. The van der Waals surface area contributed by atoms with E-state index in [0.717, 1.165) is 0 Å². The summed E-state index contributed by atoms with van der Waals surface area (Å²) < 4.78 is 0. The number of nitro groups is 1. The minimum atomic E-state index is -0.628. The molecule has 0 fully saturated rings. The van der Waals surface area contributed by atoms with E-state index >= 15 is 0 Å². The van der Waals surface area contributed by atoms with Gasteiger partial charge in [-0.05, 0) is 18.6 Å². The van der Waals surface area contributed by atoms with Crippen LogP contribution < -0.4 is 10.6 Å². The topological polar surface area (TPSA) is 104 Å². The summed E-state index contributed by atoms with van der Waals surface area (Å²) in [6.07, 6.45) is 0.439. The summed E-state index contributed by atoms with van der Waals surface area (Å²) in [4.78, 5) is 21.4. The van der Waals surface area contributed by atoms with Crippen LogP contribution >= 0.6 is 11.6 Å². The first-order chi connectivity index (χ1) is 8.54. The fourth-order valence-electron chi connectivity index (χ4n) is 1.19. The smallest absolute Gasteiger partial charge is 0.319 e. The summed E-state index contributed by atoms with van der Waals surface area (Å²) in [7, 11) is 0. The molecular formula is C10H12ClN3O4. The normalized spacial score (nSPS) is 9.89. The Hall–Kier alpha value is -1.86. The minimum Gasteiger partial charge on any atom is -0.396 e. The zero-order chi connectivity index (χ0) is 13.5. The maximum atomic E-state index is 11.3. The van der Waals surface area contributed by atoms with Crippen LogP contribution in [0.15, 0.2) is 18.2 Å². The maximum absolute atomic E-state index is 11.3. The summed E-state index contributed by atoms with van der Waals surface area (Å²) in [6, 6.07) is 3.47. The van der Waals surface area contributed by atoms with Crippen LogP contribution in [-0.2, 0) is 0 Å². The molecule has 1 rings (SSSR count). The average molecular weight is 274 g/mol. The van der Waals surface area contributed by atoms with Gasteiger partial charge in [-0.1, -0.05) is 11.6 Å². The van der Waals surface area contributed by atoms with Crippen LogP contribution in [0, 0.1) is 10.1 Å². The molecule has 0 saturated heterocycles. The van der Waals surface area contributed by atoms with Gasteiger partial charge in [0.05, 0.1) is 4.92 Å². The third-order valence-electron chi connectivity index (χ3n) is 2.02. The van der Waals surface area contributed by atoms with Crippen LogP contribution in [0.5, 0.6) is 0 Å². The lowest BCUT2D eigenvalue weighted by atomic mass is 10.3. The SMILES string of the molecule is O=C(NCCCO)Nc1ccc(Cl)c([N+](=O)[O-])c1. The van der Waals surface area contributed by atoms with Crippen molar-refractivity contribution in [2.45, 2.75) is 6.42 Å². The molecule has 0 spiro atoms. The number of hydrogen-bond donors (Lipinski definition) is 3. The molecule has 0 heterocycles. The van der Waals surface area contributed by atoms with E-state index in [4.69, 9.17) is 16.7 Å². The van der Waals surface area contributed by atoms with Gasteiger partial charge in [0, 0.05) is 24.9 Å². The molecular weight excluding hydrogens is 262 g/mol. The van der Waals surface area contributed by atoms with Crippen LogP contribution in [0.1, 0.15) is 6.42 Å². The molecule has 3 N–H and O–H groups in total. The third kappa shape index (κ3) is 4.19. The Morgan fingerprint density at radius 1 is 1.50 bits per heavy atom.